The number of rotatable bonds is 5. The fraction of sp³-hybridized carbons (Fsp3) is 0.556. The van der Waals surface area contributed by atoms with Gasteiger partial charge in [0.25, 0.3) is 0 Å². The van der Waals surface area contributed by atoms with Gasteiger partial charge in [-0.1, -0.05) is 11.6 Å². The second-order valence-electron chi connectivity index (χ2n) is 3.08. The van der Waals surface area contributed by atoms with Crippen LogP contribution in [0.5, 0.6) is 0 Å². The summed E-state index contributed by atoms with van der Waals surface area (Å²) < 4.78 is 6.37. The monoisotopic (exact) mass is 231 g/mol. The molecule has 0 radical (unpaired) electrons. The first-order valence-electron chi connectivity index (χ1n) is 4.58. The Morgan fingerprint density at radius 3 is 3.00 bits per heavy atom. The van der Waals surface area contributed by atoms with E-state index in [-0.39, 0.29) is 12.5 Å². The molecular weight excluding hydrogens is 218 g/mol. The summed E-state index contributed by atoms with van der Waals surface area (Å²) in [4.78, 5) is 11.4. The quantitative estimate of drug-likeness (QED) is 0.756. The average molecular weight is 232 g/mol. The molecule has 0 bridgehead atoms. The predicted octanol–water partition coefficient (Wildman–Crippen LogP) is 0.608. The van der Waals surface area contributed by atoms with E-state index >= 15 is 0 Å². The van der Waals surface area contributed by atoms with E-state index in [1.807, 2.05) is 6.92 Å². The second kappa shape index (κ2) is 5.72. The fourth-order valence-corrected chi connectivity index (χ4v) is 1.21. The molecule has 0 aliphatic rings. The number of methoxy groups -OCH3 is 1. The van der Waals surface area contributed by atoms with Crippen molar-refractivity contribution in [3.05, 3.63) is 16.9 Å². The van der Waals surface area contributed by atoms with E-state index in [2.05, 4.69) is 10.4 Å². The van der Waals surface area contributed by atoms with E-state index in [4.69, 9.17) is 16.3 Å². The summed E-state index contributed by atoms with van der Waals surface area (Å²) in [5.74, 6) is -0.102. The summed E-state index contributed by atoms with van der Waals surface area (Å²) in [5, 5.41) is 7.25. The van der Waals surface area contributed by atoms with E-state index in [0.717, 1.165) is 5.69 Å². The lowest BCUT2D eigenvalue weighted by molar-refractivity contribution is -0.122. The number of carbonyl (C=O) groups is 1. The predicted molar refractivity (Wildman–Crippen MR) is 56.9 cm³/mol. The standard InChI is InChI=1S/C9H14ClN3O2/c1-7-8(10)5-12-13(7)6-9(14)11-3-4-15-2/h5H,3-4,6H2,1-2H3,(H,11,14). The van der Waals surface area contributed by atoms with Gasteiger partial charge in [-0.25, -0.2) is 0 Å². The number of ether oxygens (including phenoxy) is 1. The molecule has 84 valence electrons. The topological polar surface area (TPSA) is 56.1 Å². The Morgan fingerprint density at radius 1 is 1.73 bits per heavy atom. The van der Waals surface area contributed by atoms with Gasteiger partial charge in [-0.15, -0.1) is 0 Å². The zero-order valence-corrected chi connectivity index (χ0v) is 9.54. The van der Waals surface area contributed by atoms with Crippen LogP contribution in [-0.2, 0) is 16.1 Å². The zero-order valence-electron chi connectivity index (χ0n) is 8.79. The molecule has 0 aromatic carbocycles. The van der Waals surface area contributed by atoms with E-state index in [1.165, 1.54) is 6.20 Å². The molecule has 0 atom stereocenters. The summed E-state index contributed by atoms with van der Waals surface area (Å²) in [7, 11) is 1.59. The van der Waals surface area contributed by atoms with Crippen molar-refractivity contribution in [2.45, 2.75) is 13.5 Å². The molecule has 1 aromatic heterocycles. The van der Waals surface area contributed by atoms with Crippen molar-refractivity contribution in [2.24, 2.45) is 0 Å². The van der Waals surface area contributed by atoms with Gasteiger partial charge in [-0.3, -0.25) is 9.48 Å². The Morgan fingerprint density at radius 2 is 2.47 bits per heavy atom. The highest BCUT2D eigenvalue weighted by atomic mass is 35.5. The van der Waals surface area contributed by atoms with Crippen LogP contribution in [-0.4, -0.2) is 35.9 Å². The molecule has 5 nitrogen and oxygen atoms in total. The summed E-state index contributed by atoms with van der Waals surface area (Å²) in [6.07, 6.45) is 1.53. The normalized spacial score (nSPS) is 10.3. The Balaban J connectivity index is 2.41. The van der Waals surface area contributed by atoms with Crippen LogP contribution in [0.25, 0.3) is 0 Å². The van der Waals surface area contributed by atoms with Crippen molar-refractivity contribution in [3.8, 4) is 0 Å². The molecule has 1 rings (SSSR count). The number of amides is 1. The molecule has 0 saturated carbocycles. The maximum absolute atomic E-state index is 11.4. The molecule has 0 saturated heterocycles. The van der Waals surface area contributed by atoms with E-state index in [1.54, 1.807) is 11.8 Å². The van der Waals surface area contributed by atoms with Crippen LogP contribution in [0.2, 0.25) is 5.02 Å². The van der Waals surface area contributed by atoms with Crippen LogP contribution in [0, 0.1) is 6.92 Å². The van der Waals surface area contributed by atoms with Gasteiger partial charge in [0, 0.05) is 13.7 Å². The van der Waals surface area contributed by atoms with Gasteiger partial charge in [0.15, 0.2) is 0 Å². The van der Waals surface area contributed by atoms with Crippen molar-refractivity contribution >= 4 is 17.5 Å². The molecule has 1 aromatic rings. The fourth-order valence-electron chi connectivity index (χ4n) is 1.07. The highest BCUT2D eigenvalue weighted by molar-refractivity contribution is 6.31. The summed E-state index contributed by atoms with van der Waals surface area (Å²) in [6.45, 7) is 3.01. The van der Waals surface area contributed by atoms with Crippen LogP contribution >= 0.6 is 11.6 Å². The lowest BCUT2D eigenvalue weighted by atomic mass is 10.4. The highest BCUT2D eigenvalue weighted by Crippen LogP contribution is 2.12. The van der Waals surface area contributed by atoms with Gasteiger partial charge >= 0.3 is 0 Å². The maximum atomic E-state index is 11.4. The number of hydrogen-bond donors (Lipinski definition) is 1. The molecule has 1 heterocycles. The number of halogens is 1. The largest absolute Gasteiger partial charge is 0.383 e. The van der Waals surface area contributed by atoms with Crippen molar-refractivity contribution in [1.29, 1.82) is 0 Å². The van der Waals surface area contributed by atoms with Crippen LogP contribution in [0.15, 0.2) is 6.20 Å². The molecule has 0 unspecified atom stereocenters. The first-order valence-corrected chi connectivity index (χ1v) is 4.96. The maximum Gasteiger partial charge on any atom is 0.241 e. The average Bonchev–Trinajstić information content (AvgIpc) is 2.50. The van der Waals surface area contributed by atoms with Crippen molar-refractivity contribution in [1.82, 2.24) is 15.1 Å². The number of nitrogens with zero attached hydrogens (tertiary/aromatic N) is 2. The van der Waals surface area contributed by atoms with Crippen LogP contribution in [0.4, 0.5) is 0 Å². The van der Waals surface area contributed by atoms with Crippen LogP contribution < -0.4 is 5.32 Å². The lowest BCUT2D eigenvalue weighted by Crippen LogP contribution is -2.30. The highest BCUT2D eigenvalue weighted by Gasteiger charge is 2.07. The Bertz CT molecular complexity index is 338. The van der Waals surface area contributed by atoms with Crippen molar-refractivity contribution < 1.29 is 9.53 Å². The zero-order chi connectivity index (χ0) is 11.3. The minimum Gasteiger partial charge on any atom is -0.383 e. The third-order valence-corrected chi connectivity index (χ3v) is 2.34. The number of nitrogens with one attached hydrogen (secondary N) is 1. The Labute approximate surface area is 93.4 Å². The van der Waals surface area contributed by atoms with Gasteiger partial charge in [-0.2, -0.15) is 5.10 Å². The van der Waals surface area contributed by atoms with Gasteiger partial charge in [0.1, 0.15) is 6.54 Å². The van der Waals surface area contributed by atoms with Crippen molar-refractivity contribution in [2.75, 3.05) is 20.3 Å². The van der Waals surface area contributed by atoms with Gasteiger partial charge in [0.2, 0.25) is 5.91 Å². The Hall–Kier alpha value is -1.07. The molecule has 0 spiro atoms. The van der Waals surface area contributed by atoms with Gasteiger partial charge in [0.05, 0.1) is 23.5 Å². The third-order valence-electron chi connectivity index (χ3n) is 1.97. The number of carbonyl (C=O) groups excluding carboxylic acids is 1. The molecular formula is C9H14ClN3O2. The smallest absolute Gasteiger partial charge is 0.241 e. The van der Waals surface area contributed by atoms with Gasteiger partial charge < -0.3 is 10.1 Å². The number of hydrogen-bond acceptors (Lipinski definition) is 3. The molecule has 15 heavy (non-hydrogen) atoms. The molecule has 0 aliphatic carbocycles. The minimum atomic E-state index is -0.102. The van der Waals surface area contributed by atoms with E-state index < -0.39 is 0 Å². The lowest BCUT2D eigenvalue weighted by Gasteiger charge is -2.05. The molecule has 1 N–H and O–H groups in total. The first kappa shape index (κ1) is 12.0. The van der Waals surface area contributed by atoms with Crippen LogP contribution in [0.1, 0.15) is 5.69 Å². The summed E-state index contributed by atoms with van der Waals surface area (Å²) >= 11 is 5.80. The van der Waals surface area contributed by atoms with E-state index in [9.17, 15) is 4.79 Å². The van der Waals surface area contributed by atoms with E-state index in [0.29, 0.717) is 18.2 Å². The Kier molecular flexibility index (Phi) is 4.58. The SMILES string of the molecule is COCCNC(=O)Cn1ncc(Cl)c1C. The molecule has 6 heteroatoms. The summed E-state index contributed by atoms with van der Waals surface area (Å²) in [6, 6.07) is 0. The first-order chi connectivity index (χ1) is 7.15. The van der Waals surface area contributed by atoms with Crippen molar-refractivity contribution in [3.63, 3.8) is 0 Å². The molecule has 0 fully saturated rings. The summed E-state index contributed by atoms with van der Waals surface area (Å²) in [5.41, 5.74) is 0.790. The third kappa shape index (κ3) is 3.53. The number of aromatic nitrogens is 2. The minimum absolute atomic E-state index is 0.102. The van der Waals surface area contributed by atoms with Gasteiger partial charge in [-0.05, 0) is 6.92 Å². The second-order valence-corrected chi connectivity index (χ2v) is 3.49. The van der Waals surface area contributed by atoms with Crippen LogP contribution in [0.3, 0.4) is 0 Å². The molecule has 0 aliphatic heterocycles. The molecule has 1 amide bonds.